The van der Waals surface area contributed by atoms with E-state index in [9.17, 15) is 5.11 Å². The molecule has 3 rings (SSSR count). The van der Waals surface area contributed by atoms with E-state index in [-0.39, 0.29) is 5.60 Å². The molecule has 110 valence electrons. The molecule has 4 nitrogen and oxygen atoms in total. The zero-order valence-corrected chi connectivity index (χ0v) is 12.3. The van der Waals surface area contributed by atoms with Gasteiger partial charge in [0.25, 0.3) is 0 Å². The van der Waals surface area contributed by atoms with Crippen LogP contribution < -0.4 is 9.47 Å². The van der Waals surface area contributed by atoms with Gasteiger partial charge >= 0.3 is 0 Å². The van der Waals surface area contributed by atoms with Crippen LogP contribution >= 0.6 is 0 Å². The van der Waals surface area contributed by atoms with Gasteiger partial charge in [-0.3, -0.25) is 0 Å². The minimum absolute atomic E-state index is 0.188. The summed E-state index contributed by atoms with van der Waals surface area (Å²) in [7, 11) is 1.64. The zero-order chi connectivity index (χ0) is 14.2. The van der Waals surface area contributed by atoms with E-state index in [0.29, 0.717) is 6.42 Å². The number of methoxy groups -OCH3 is 1. The van der Waals surface area contributed by atoms with E-state index in [4.69, 9.17) is 9.47 Å². The number of aliphatic hydroxyl groups is 1. The maximum absolute atomic E-state index is 10.5. The van der Waals surface area contributed by atoms with Crippen LogP contribution in [0.3, 0.4) is 0 Å². The third-order valence-corrected chi connectivity index (χ3v) is 4.68. The molecule has 1 fully saturated rings. The number of aliphatic hydroxyl groups excluding tert-OH is 1. The van der Waals surface area contributed by atoms with Gasteiger partial charge in [-0.2, -0.15) is 0 Å². The smallest absolute Gasteiger partial charge is 0.126 e. The van der Waals surface area contributed by atoms with Crippen molar-refractivity contribution in [1.82, 2.24) is 4.90 Å². The van der Waals surface area contributed by atoms with Crippen molar-refractivity contribution < 1.29 is 14.6 Å². The number of hydrogen-bond acceptors (Lipinski definition) is 4. The van der Waals surface area contributed by atoms with Gasteiger partial charge in [-0.15, -0.1) is 0 Å². The van der Waals surface area contributed by atoms with Crippen LogP contribution in [0.2, 0.25) is 0 Å². The lowest BCUT2D eigenvalue weighted by atomic mass is 9.81. The molecule has 2 aliphatic heterocycles. The summed E-state index contributed by atoms with van der Waals surface area (Å²) in [6.45, 7) is 5.38. The van der Waals surface area contributed by atoms with E-state index < -0.39 is 6.10 Å². The lowest BCUT2D eigenvalue weighted by molar-refractivity contribution is -0.0532. The van der Waals surface area contributed by atoms with Crippen LogP contribution in [0.15, 0.2) is 18.2 Å². The lowest BCUT2D eigenvalue weighted by Crippen LogP contribution is -2.50. The molecule has 0 amide bonds. The zero-order valence-electron chi connectivity index (χ0n) is 12.3. The van der Waals surface area contributed by atoms with Crippen molar-refractivity contribution in [3.8, 4) is 11.5 Å². The van der Waals surface area contributed by atoms with Crippen LogP contribution in [0.4, 0.5) is 0 Å². The molecule has 0 aliphatic carbocycles. The van der Waals surface area contributed by atoms with E-state index in [1.54, 1.807) is 7.11 Å². The molecule has 2 aliphatic rings. The molecule has 1 N–H and O–H groups in total. The Kier molecular flexibility index (Phi) is 3.61. The first-order valence-corrected chi connectivity index (χ1v) is 7.43. The van der Waals surface area contributed by atoms with E-state index >= 15 is 0 Å². The predicted molar refractivity (Wildman–Crippen MR) is 77.3 cm³/mol. The van der Waals surface area contributed by atoms with Gasteiger partial charge in [-0.25, -0.2) is 0 Å². The average molecular weight is 277 g/mol. The Balaban J connectivity index is 1.82. The second-order valence-electron chi connectivity index (χ2n) is 5.84. The molecule has 0 radical (unpaired) electrons. The van der Waals surface area contributed by atoms with Gasteiger partial charge in [-0.05, 0) is 37.6 Å². The Bertz CT molecular complexity index is 481. The van der Waals surface area contributed by atoms with E-state index in [1.165, 1.54) is 0 Å². The number of piperidine rings is 1. The van der Waals surface area contributed by atoms with Crippen molar-refractivity contribution in [2.24, 2.45) is 0 Å². The van der Waals surface area contributed by atoms with Crippen molar-refractivity contribution in [2.75, 3.05) is 26.7 Å². The SMILES string of the molecule is CCN1CCC2(CC1)C[C@@H](O)c1cc(OC)ccc1O2. The van der Waals surface area contributed by atoms with E-state index in [2.05, 4.69) is 11.8 Å². The number of fused-ring (bicyclic) bond motifs is 1. The third-order valence-electron chi connectivity index (χ3n) is 4.68. The molecule has 4 heteroatoms. The minimum Gasteiger partial charge on any atom is -0.497 e. The molecule has 0 aromatic heterocycles. The Labute approximate surface area is 120 Å². The summed E-state index contributed by atoms with van der Waals surface area (Å²) in [5, 5.41) is 10.5. The first kappa shape index (κ1) is 13.7. The van der Waals surface area contributed by atoms with Gasteiger partial charge in [0.15, 0.2) is 0 Å². The predicted octanol–water partition coefficient (Wildman–Crippen LogP) is 2.37. The minimum atomic E-state index is -0.456. The quantitative estimate of drug-likeness (QED) is 0.901. The summed E-state index contributed by atoms with van der Waals surface area (Å²) in [4.78, 5) is 2.44. The summed E-state index contributed by atoms with van der Waals surface area (Å²) in [6, 6.07) is 5.70. The fourth-order valence-corrected chi connectivity index (χ4v) is 3.33. The Morgan fingerprint density at radius 2 is 2.15 bits per heavy atom. The van der Waals surface area contributed by atoms with Gasteiger partial charge in [0.05, 0.1) is 13.2 Å². The first-order valence-electron chi connectivity index (χ1n) is 7.43. The molecule has 1 aromatic carbocycles. The normalized spacial score (nSPS) is 25.1. The summed E-state index contributed by atoms with van der Waals surface area (Å²) in [6.07, 6.45) is 2.21. The van der Waals surface area contributed by atoms with Gasteiger partial charge in [0.1, 0.15) is 17.1 Å². The highest BCUT2D eigenvalue weighted by atomic mass is 16.5. The molecule has 1 atom stereocenters. The number of rotatable bonds is 2. The molecule has 0 saturated carbocycles. The molecule has 1 aromatic rings. The second kappa shape index (κ2) is 5.26. The van der Waals surface area contributed by atoms with Crippen LogP contribution in [0.5, 0.6) is 11.5 Å². The number of likely N-dealkylation sites (tertiary alicyclic amines) is 1. The van der Waals surface area contributed by atoms with Gasteiger partial charge < -0.3 is 19.5 Å². The molecule has 1 spiro atoms. The fraction of sp³-hybridized carbons (Fsp3) is 0.625. The van der Waals surface area contributed by atoms with Gasteiger partial charge in [0.2, 0.25) is 0 Å². The number of benzene rings is 1. The molecule has 0 bridgehead atoms. The Morgan fingerprint density at radius 3 is 2.80 bits per heavy atom. The summed E-state index contributed by atoms with van der Waals surface area (Å²) < 4.78 is 11.5. The highest BCUT2D eigenvalue weighted by Gasteiger charge is 2.42. The molecule has 2 heterocycles. The van der Waals surface area contributed by atoms with Crippen LogP contribution in [0.25, 0.3) is 0 Å². The molecule has 1 saturated heterocycles. The monoisotopic (exact) mass is 277 g/mol. The Morgan fingerprint density at radius 1 is 1.40 bits per heavy atom. The van der Waals surface area contributed by atoms with Crippen molar-refractivity contribution in [2.45, 2.75) is 37.9 Å². The topological polar surface area (TPSA) is 41.9 Å². The largest absolute Gasteiger partial charge is 0.497 e. The molecular formula is C16H23NO3. The lowest BCUT2D eigenvalue weighted by Gasteiger charge is -2.45. The molecular weight excluding hydrogens is 254 g/mol. The second-order valence-corrected chi connectivity index (χ2v) is 5.84. The average Bonchev–Trinajstić information content (AvgIpc) is 2.48. The fourth-order valence-electron chi connectivity index (χ4n) is 3.33. The van der Waals surface area contributed by atoms with Gasteiger partial charge in [0, 0.05) is 25.1 Å². The highest BCUT2D eigenvalue weighted by molar-refractivity contribution is 5.43. The molecule has 0 unspecified atom stereocenters. The summed E-state index contributed by atoms with van der Waals surface area (Å²) in [5.41, 5.74) is 0.667. The summed E-state index contributed by atoms with van der Waals surface area (Å²) in [5.74, 6) is 1.58. The maximum atomic E-state index is 10.5. The van der Waals surface area contributed by atoms with Crippen molar-refractivity contribution in [3.63, 3.8) is 0 Å². The first-order chi connectivity index (χ1) is 9.65. The number of hydrogen-bond donors (Lipinski definition) is 1. The standard InChI is InChI=1S/C16H23NO3/c1-3-17-8-6-16(7-9-17)11-14(18)13-10-12(19-2)4-5-15(13)20-16/h4-5,10,14,18H,3,6-9,11H2,1-2H3/t14-/m1/s1. The third kappa shape index (κ3) is 2.38. The van der Waals surface area contributed by atoms with Crippen molar-refractivity contribution >= 4 is 0 Å². The van der Waals surface area contributed by atoms with Gasteiger partial charge in [-0.1, -0.05) is 6.92 Å². The van der Waals surface area contributed by atoms with E-state index in [1.807, 2.05) is 18.2 Å². The van der Waals surface area contributed by atoms with Crippen LogP contribution in [0.1, 0.15) is 37.9 Å². The number of nitrogens with zero attached hydrogens (tertiary/aromatic N) is 1. The van der Waals surface area contributed by atoms with Crippen LogP contribution in [-0.2, 0) is 0 Å². The highest BCUT2D eigenvalue weighted by Crippen LogP contribution is 2.45. The summed E-state index contributed by atoms with van der Waals surface area (Å²) >= 11 is 0. The maximum Gasteiger partial charge on any atom is 0.126 e. The van der Waals surface area contributed by atoms with Crippen molar-refractivity contribution in [3.05, 3.63) is 23.8 Å². The number of ether oxygens (including phenoxy) is 2. The van der Waals surface area contributed by atoms with Crippen molar-refractivity contribution in [1.29, 1.82) is 0 Å². The van der Waals surface area contributed by atoms with Crippen LogP contribution in [-0.4, -0.2) is 42.4 Å². The van der Waals surface area contributed by atoms with E-state index in [0.717, 1.165) is 49.5 Å². The molecule has 20 heavy (non-hydrogen) atoms. The van der Waals surface area contributed by atoms with Crippen LogP contribution in [0, 0.1) is 0 Å². The Hall–Kier alpha value is -1.26.